The van der Waals surface area contributed by atoms with Crippen LogP contribution in [0.3, 0.4) is 0 Å². The summed E-state index contributed by atoms with van der Waals surface area (Å²) in [5.74, 6) is 0.406. The SMILES string of the molecule is O=C(CSc1nnc(-c2ccc(Cl)cc2)n1-c1ccccc1)NN=Cc1cc(Br)cc(Br)c1O. The maximum absolute atomic E-state index is 12.4. The predicted octanol–water partition coefficient (Wildman–Crippen LogP) is 6.06. The largest absolute Gasteiger partial charge is 0.506 e. The van der Waals surface area contributed by atoms with Crippen molar-refractivity contribution in [2.75, 3.05) is 5.75 Å². The smallest absolute Gasteiger partial charge is 0.250 e. The van der Waals surface area contributed by atoms with Crippen LogP contribution in [-0.4, -0.2) is 37.7 Å². The molecule has 0 aliphatic carbocycles. The fraction of sp³-hybridized carbons (Fsp3) is 0.0435. The maximum atomic E-state index is 12.4. The lowest BCUT2D eigenvalue weighted by atomic mass is 10.2. The van der Waals surface area contributed by atoms with Crippen molar-refractivity contribution < 1.29 is 9.90 Å². The third kappa shape index (κ3) is 5.87. The summed E-state index contributed by atoms with van der Waals surface area (Å²) >= 11 is 13.9. The normalized spacial score (nSPS) is 11.1. The first-order chi connectivity index (χ1) is 16.4. The van der Waals surface area contributed by atoms with Gasteiger partial charge in [-0.25, -0.2) is 5.43 Å². The Morgan fingerprint density at radius 3 is 2.59 bits per heavy atom. The van der Waals surface area contributed by atoms with Crippen LogP contribution in [0.2, 0.25) is 5.02 Å². The van der Waals surface area contributed by atoms with Gasteiger partial charge in [-0.1, -0.05) is 57.5 Å². The maximum Gasteiger partial charge on any atom is 0.250 e. The number of aromatic hydroxyl groups is 1. The van der Waals surface area contributed by atoms with Crippen molar-refractivity contribution in [3.63, 3.8) is 0 Å². The topological polar surface area (TPSA) is 92.4 Å². The molecule has 0 atom stereocenters. The van der Waals surface area contributed by atoms with Crippen molar-refractivity contribution in [1.82, 2.24) is 20.2 Å². The molecule has 2 N–H and O–H groups in total. The van der Waals surface area contributed by atoms with E-state index < -0.39 is 0 Å². The Bertz CT molecular complexity index is 1350. The molecule has 1 heterocycles. The molecule has 0 saturated carbocycles. The molecule has 0 aliphatic heterocycles. The minimum atomic E-state index is -0.328. The molecule has 11 heteroatoms. The number of hydrogen-bond acceptors (Lipinski definition) is 6. The zero-order chi connectivity index (χ0) is 24.1. The second-order valence-electron chi connectivity index (χ2n) is 6.89. The molecule has 4 aromatic rings. The third-order valence-electron chi connectivity index (χ3n) is 4.53. The summed E-state index contributed by atoms with van der Waals surface area (Å²) in [6.07, 6.45) is 1.37. The number of para-hydroxylation sites is 1. The van der Waals surface area contributed by atoms with Gasteiger partial charge in [0.05, 0.1) is 16.4 Å². The van der Waals surface area contributed by atoms with Gasteiger partial charge < -0.3 is 5.11 Å². The van der Waals surface area contributed by atoms with E-state index in [1.807, 2.05) is 47.0 Å². The monoisotopic (exact) mass is 619 g/mol. The first-order valence-electron chi connectivity index (χ1n) is 9.82. The van der Waals surface area contributed by atoms with Crippen molar-refractivity contribution in [2.45, 2.75) is 5.16 Å². The lowest BCUT2D eigenvalue weighted by Gasteiger charge is -2.10. The molecule has 34 heavy (non-hydrogen) atoms. The van der Waals surface area contributed by atoms with Crippen molar-refractivity contribution in [1.29, 1.82) is 0 Å². The molecule has 0 fully saturated rings. The molecule has 0 radical (unpaired) electrons. The summed E-state index contributed by atoms with van der Waals surface area (Å²) in [5.41, 5.74) is 4.64. The highest BCUT2D eigenvalue weighted by Gasteiger charge is 2.17. The van der Waals surface area contributed by atoms with E-state index in [0.29, 0.717) is 26.0 Å². The number of amides is 1. The molecule has 0 aliphatic rings. The third-order valence-corrected chi connectivity index (χ3v) is 6.78. The zero-order valence-corrected chi connectivity index (χ0v) is 22.1. The van der Waals surface area contributed by atoms with Crippen LogP contribution in [0.25, 0.3) is 17.1 Å². The Morgan fingerprint density at radius 1 is 1.12 bits per heavy atom. The number of hydrazone groups is 1. The van der Waals surface area contributed by atoms with E-state index in [9.17, 15) is 9.90 Å². The number of nitrogens with one attached hydrogen (secondary N) is 1. The number of benzene rings is 3. The minimum Gasteiger partial charge on any atom is -0.506 e. The van der Waals surface area contributed by atoms with Crippen LogP contribution < -0.4 is 5.43 Å². The van der Waals surface area contributed by atoms with E-state index in [4.69, 9.17) is 11.6 Å². The lowest BCUT2D eigenvalue weighted by Crippen LogP contribution is -2.20. The van der Waals surface area contributed by atoms with E-state index in [1.165, 1.54) is 18.0 Å². The number of rotatable bonds is 7. The molecule has 172 valence electrons. The summed E-state index contributed by atoms with van der Waals surface area (Å²) in [7, 11) is 0. The Labute approximate surface area is 221 Å². The predicted molar refractivity (Wildman–Crippen MR) is 142 cm³/mol. The van der Waals surface area contributed by atoms with Gasteiger partial charge in [0, 0.05) is 26.3 Å². The second-order valence-corrected chi connectivity index (χ2v) is 10.0. The number of aromatic nitrogens is 3. The number of thioether (sulfide) groups is 1. The molecular weight excluding hydrogens is 606 g/mol. The van der Waals surface area contributed by atoms with E-state index >= 15 is 0 Å². The number of phenolic OH excluding ortho intramolecular Hbond substituents is 1. The summed E-state index contributed by atoms with van der Waals surface area (Å²) in [4.78, 5) is 12.4. The Morgan fingerprint density at radius 2 is 1.85 bits per heavy atom. The molecule has 3 aromatic carbocycles. The van der Waals surface area contributed by atoms with E-state index in [0.717, 1.165) is 15.7 Å². The number of nitrogens with zero attached hydrogens (tertiary/aromatic N) is 4. The van der Waals surface area contributed by atoms with Crippen LogP contribution in [0, 0.1) is 0 Å². The summed E-state index contributed by atoms with van der Waals surface area (Å²) in [6, 6.07) is 20.4. The minimum absolute atomic E-state index is 0.0289. The molecule has 1 amide bonds. The van der Waals surface area contributed by atoms with Gasteiger partial charge in [0.1, 0.15) is 5.75 Å². The number of phenols is 1. The van der Waals surface area contributed by atoms with Crippen LogP contribution in [-0.2, 0) is 4.79 Å². The Hall–Kier alpha value is -2.66. The van der Waals surface area contributed by atoms with Gasteiger partial charge in [0.15, 0.2) is 11.0 Å². The molecule has 4 rings (SSSR count). The van der Waals surface area contributed by atoms with Crippen LogP contribution in [0.15, 0.2) is 85.9 Å². The van der Waals surface area contributed by atoms with Gasteiger partial charge in [-0.3, -0.25) is 9.36 Å². The highest BCUT2D eigenvalue weighted by Crippen LogP contribution is 2.31. The van der Waals surface area contributed by atoms with Crippen molar-refractivity contribution in [3.8, 4) is 22.8 Å². The number of carbonyl (C=O) groups is 1. The first kappa shape index (κ1) is 24.5. The van der Waals surface area contributed by atoms with E-state index in [-0.39, 0.29) is 17.4 Å². The average molecular weight is 622 g/mol. The fourth-order valence-corrected chi connectivity index (χ4v) is 5.11. The zero-order valence-electron chi connectivity index (χ0n) is 17.3. The standard InChI is InChI=1S/C23H16Br2ClN5O2S/c24-16-10-15(21(33)19(25)11-16)12-27-28-20(32)13-34-23-30-29-22(14-6-8-17(26)9-7-14)31(23)18-4-2-1-3-5-18/h1-12,33H,13H2,(H,28,32). The number of halogens is 3. The highest BCUT2D eigenvalue weighted by atomic mass is 79.9. The summed E-state index contributed by atoms with van der Waals surface area (Å²) < 4.78 is 3.17. The molecule has 0 unspecified atom stereocenters. The molecule has 0 saturated heterocycles. The van der Waals surface area contributed by atoms with Crippen LogP contribution in [0.1, 0.15) is 5.56 Å². The molecule has 0 spiro atoms. The number of carbonyl (C=O) groups excluding carboxylic acids is 1. The highest BCUT2D eigenvalue weighted by molar-refractivity contribution is 9.11. The fourth-order valence-electron chi connectivity index (χ4n) is 2.98. The lowest BCUT2D eigenvalue weighted by molar-refractivity contribution is -0.118. The Balaban J connectivity index is 1.50. The van der Waals surface area contributed by atoms with Crippen molar-refractivity contribution >= 4 is 67.3 Å². The van der Waals surface area contributed by atoms with Gasteiger partial charge in [-0.05, 0) is 64.5 Å². The van der Waals surface area contributed by atoms with Crippen LogP contribution in [0.4, 0.5) is 0 Å². The van der Waals surface area contributed by atoms with Crippen molar-refractivity contribution in [3.05, 3.63) is 86.3 Å². The average Bonchev–Trinajstić information content (AvgIpc) is 3.25. The van der Waals surface area contributed by atoms with Crippen LogP contribution in [0.5, 0.6) is 5.75 Å². The Kier molecular flexibility index (Phi) is 8.04. The van der Waals surface area contributed by atoms with Gasteiger partial charge in [-0.2, -0.15) is 5.10 Å². The number of hydrogen-bond donors (Lipinski definition) is 2. The van der Waals surface area contributed by atoms with E-state index in [2.05, 4.69) is 52.6 Å². The van der Waals surface area contributed by atoms with Gasteiger partial charge in [0.25, 0.3) is 5.91 Å². The molecule has 1 aromatic heterocycles. The molecule has 0 bridgehead atoms. The van der Waals surface area contributed by atoms with Gasteiger partial charge in [-0.15, -0.1) is 10.2 Å². The second kappa shape index (κ2) is 11.2. The van der Waals surface area contributed by atoms with Gasteiger partial charge >= 0.3 is 0 Å². The van der Waals surface area contributed by atoms with Crippen molar-refractivity contribution in [2.24, 2.45) is 5.10 Å². The van der Waals surface area contributed by atoms with E-state index in [1.54, 1.807) is 24.3 Å². The summed E-state index contributed by atoms with van der Waals surface area (Å²) in [5, 5.41) is 23.9. The quantitative estimate of drug-likeness (QED) is 0.149. The van der Waals surface area contributed by atoms with Gasteiger partial charge in [0.2, 0.25) is 0 Å². The summed E-state index contributed by atoms with van der Waals surface area (Å²) in [6.45, 7) is 0. The molecular formula is C23H16Br2ClN5O2S. The molecule has 7 nitrogen and oxygen atoms in total. The van der Waals surface area contributed by atoms with Crippen LogP contribution >= 0.6 is 55.2 Å². The first-order valence-corrected chi connectivity index (χ1v) is 12.8.